The van der Waals surface area contributed by atoms with Crippen LogP contribution in [0.5, 0.6) is 11.5 Å². The van der Waals surface area contributed by atoms with Crippen molar-refractivity contribution in [2.24, 2.45) is 17.3 Å². The molecule has 5 aliphatic carbocycles. The van der Waals surface area contributed by atoms with Crippen LogP contribution in [-0.4, -0.2) is 56.6 Å². The van der Waals surface area contributed by atoms with E-state index in [0.29, 0.717) is 24.8 Å². The van der Waals surface area contributed by atoms with Gasteiger partial charge in [0, 0.05) is 42.0 Å². The van der Waals surface area contributed by atoms with E-state index in [1.807, 2.05) is 31.4 Å². The molecule has 0 aromatic heterocycles. The van der Waals surface area contributed by atoms with Crippen molar-refractivity contribution in [2.75, 3.05) is 33.9 Å². The topological polar surface area (TPSA) is 64.0 Å². The summed E-state index contributed by atoms with van der Waals surface area (Å²) in [5.74, 6) is 2.98. The normalized spacial score (nSPS) is 37.2. The van der Waals surface area contributed by atoms with Crippen LogP contribution in [-0.2, 0) is 27.9 Å². The van der Waals surface area contributed by atoms with Crippen molar-refractivity contribution in [1.82, 2.24) is 4.90 Å². The second-order valence-electron chi connectivity index (χ2n) is 13.1. The first-order valence-corrected chi connectivity index (χ1v) is 14.8. The molecule has 204 valence electrons. The van der Waals surface area contributed by atoms with Crippen molar-refractivity contribution in [3.8, 4) is 17.6 Å². The quantitative estimate of drug-likeness (QED) is 0.482. The van der Waals surface area contributed by atoms with Gasteiger partial charge in [-0.1, -0.05) is 18.2 Å². The Labute approximate surface area is 231 Å². The molecule has 2 heterocycles. The number of fused-ring (bicyclic) bond motifs is 2. The number of hydrogen-bond acceptors (Lipinski definition) is 6. The van der Waals surface area contributed by atoms with Crippen molar-refractivity contribution < 1.29 is 18.9 Å². The van der Waals surface area contributed by atoms with Crippen LogP contribution in [0.15, 0.2) is 36.4 Å². The molecule has 0 unspecified atom stereocenters. The van der Waals surface area contributed by atoms with Crippen LogP contribution in [0.4, 0.5) is 0 Å². The van der Waals surface area contributed by atoms with Gasteiger partial charge in [0.25, 0.3) is 0 Å². The fraction of sp³-hybridized carbons (Fsp3) is 0.606. The largest absolute Gasteiger partial charge is 0.493 e. The molecule has 6 atom stereocenters. The Hall–Kier alpha value is -2.59. The van der Waals surface area contributed by atoms with E-state index in [1.54, 1.807) is 7.11 Å². The molecule has 0 N–H and O–H groups in total. The Morgan fingerprint density at radius 1 is 1.13 bits per heavy atom. The van der Waals surface area contributed by atoms with Gasteiger partial charge in [0.1, 0.15) is 11.7 Å². The number of ether oxygens (including phenoxy) is 4. The predicted octanol–water partition coefficient (Wildman–Crippen LogP) is 5.01. The molecular formula is C33H38N2O4. The Bertz CT molecular complexity index is 1370. The number of likely N-dealkylation sites (tertiary alicyclic amines) is 1. The van der Waals surface area contributed by atoms with Gasteiger partial charge in [-0.25, -0.2) is 0 Å². The average molecular weight is 527 g/mol. The molecule has 2 aliphatic heterocycles. The number of nitrogens with zero attached hydrogens (tertiary/aromatic N) is 2. The highest BCUT2D eigenvalue weighted by atomic mass is 16.6. The Morgan fingerprint density at radius 3 is 2.82 bits per heavy atom. The smallest absolute Gasteiger partial charge is 0.165 e. The van der Waals surface area contributed by atoms with Gasteiger partial charge in [0.15, 0.2) is 11.5 Å². The molecule has 6 nitrogen and oxygen atoms in total. The molecule has 4 bridgehead atoms. The first-order chi connectivity index (χ1) is 19.1. The monoisotopic (exact) mass is 526 g/mol. The number of nitriles is 1. The summed E-state index contributed by atoms with van der Waals surface area (Å²) in [6.45, 7) is 3.54. The van der Waals surface area contributed by atoms with Crippen LogP contribution < -0.4 is 9.47 Å². The van der Waals surface area contributed by atoms with Crippen LogP contribution in [0.2, 0.25) is 0 Å². The van der Waals surface area contributed by atoms with Gasteiger partial charge in [-0.15, -0.1) is 0 Å². The van der Waals surface area contributed by atoms with Crippen molar-refractivity contribution in [3.63, 3.8) is 0 Å². The van der Waals surface area contributed by atoms with Gasteiger partial charge < -0.3 is 18.9 Å². The van der Waals surface area contributed by atoms with E-state index >= 15 is 0 Å². The van der Waals surface area contributed by atoms with E-state index in [9.17, 15) is 5.26 Å². The molecule has 6 heteroatoms. The fourth-order valence-corrected chi connectivity index (χ4v) is 9.94. The summed E-state index contributed by atoms with van der Waals surface area (Å²) in [7, 11) is 3.66. The first-order valence-electron chi connectivity index (χ1n) is 14.8. The van der Waals surface area contributed by atoms with Gasteiger partial charge in [0.05, 0.1) is 32.0 Å². The van der Waals surface area contributed by atoms with Crippen molar-refractivity contribution in [2.45, 2.75) is 74.7 Å². The lowest BCUT2D eigenvalue weighted by Gasteiger charge is -2.74. The number of piperidine rings is 1. The van der Waals surface area contributed by atoms with E-state index in [1.165, 1.54) is 36.9 Å². The van der Waals surface area contributed by atoms with Crippen LogP contribution in [0, 0.1) is 28.6 Å². The van der Waals surface area contributed by atoms with Gasteiger partial charge in [0.2, 0.25) is 0 Å². The van der Waals surface area contributed by atoms with Gasteiger partial charge >= 0.3 is 0 Å². The maximum Gasteiger partial charge on any atom is 0.165 e. The molecule has 0 amide bonds. The second kappa shape index (κ2) is 8.46. The third-order valence-corrected chi connectivity index (χ3v) is 11.7. The second-order valence-corrected chi connectivity index (χ2v) is 13.1. The Morgan fingerprint density at radius 2 is 2.03 bits per heavy atom. The summed E-state index contributed by atoms with van der Waals surface area (Å²) >= 11 is 0. The summed E-state index contributed by atoms with van der Waals surface area (Å²) in [4.78, 5) is 2.88. The summed E-state index contributed by atoms with van der Waals surface area (Å²) in [5, 5.41) is 9.31. The Kier molecular flexibility index (Phi) is 5.25. The highest BCUT2D eigenvalue weighted by molar-refractivity contribution is 5.63. The molecule has 1 saturated heterocycles. The number of hydrogen-bond donors (Lipinski definition) is 0. The van der Waals surface area contributed by atoms with Crippen molar-refractivity contribution in [3.05, 3.63) is 58.7 Å². The molecule has 2 aromatic rings. The molecule has 0 radical (unpaired) electrons. The molecule has 39 heavy (non-hydrogen) atoms. The Balaban J connectivity index is 1.19. The highest BCUT2D eigenvalue weighted by Gasteiger charge is 2.80. The van der Waals surface area contributed by atoms with E-state index < -0.39 is 5.60 Å². The first kappa shape index (κ1) is 24.2. The van der Waals surface area contributed by atoms with Crippen LogP contribution in [0.1, 0.15) is 60.8 Å². The minimum atomic E-state index is -0.391. The van der Waals surface area contributed by atoms with Gasteiger partial charge in [-0.3, -0.25) is 4.90 Å². The third kappa shape index (κ3) is 3.07. The molecular weight excluding hydrogens is 488 g/mol. The minimum absolute atomic E-state index is 0.0241. The fourth-order valence-electron chi connectivity index (χ4n) is 9.94. The standard InChI is InChI=1S/C33H38N2O4/c1-36-26-9-8-24-15-27-31-10-11-33(37-2,25(16-31)20-38-19-23-5-3-4-22(14-23)17-34)30-32(31,28(24)29(26)39-30)12-13-35(27)18-21-6-7-21/h3-5,8-9,14,21,25,27,30H,6-7,10-13,15-16,18-20H2,1-2H3/t25-,27-,30-,31-,32+,33-/m1/s1. The highest BCUT2D eigenvalue weighted by Crippen LogP contribution is 2.76. The van der Waals surface area contributed by atoms with E-state index in [-0.39, 0.29) is 22.9 Å². The van der Waals surface area contributed by atoms with Gasteiger partial charge in [-0.05, 0) is 86.7 Å². The van der Waals surface area contributed by atoms with Crippen molar-refractivity contribution >= 4 is 0 Å². The number of rotatable bonds is 8. The number of benzene rings is 2. The van der Waals surface area contributed by atoms with Gasteiger partial charge in [-0.2, -0.15) is 5.26 Å². The molecule has 2 spiro atoms. The molecule has 7 aliphatic rings. The zero-order valence-corrected chi connectivity index (χ0v) is 23.1. The van der Waals surface area contributed by atoms with E-state index in [0.717, 1.165) is 55.2 Å². The third-order valence-electron chi connectivity index (χ3n) is 11.7. The lowest BCUT2D eigenvalue weighted by molar-refractivity contribution is -0.283. The van der Waals surface area contributed by atoms with Crippen LogP contribution in [0.25, 0.3) is 0 Å². The lowest BCUT2D eigenvalue weighted by Crippen LogP contribution is -2.81. The minimum Gasteiger partial charge on any atom is -0.493 e. The van der Waals surface area contributed by atoms with E-state index in [2.05, 4.69) is 23.1 Å². The molecule has 4 saturated carbocycles. The maximum absolute atomic E-state index is 9.31. The molecule has 9 rings (SSSR count). The summed E-state index contributed by atoms with van der Waals surface area (Å²) in [6.07, 6.45) is 8.29. The summed E-state index contributed by atoms with van der Waals surface area (Å²) in [5.41, 5.74) is 4.37. The average Bonchev–Trinajstić information content (AvgIpc) is 3.71. The lowest BCUT2D eigenvalue weighted by atomic mass is 9.35. The van der Waals surface area contributed by atoms with Crippen molar-refractivity contribution in [1.29, 1.82) is 5.26 Å². The maximum atomic E-state index is 9.31. The SMILES string of the molecule is COc1ccc2c3c1O[C@H]1[C@@]4(OC)CC[C@@]5(C[C@@H]4COCc4cccc(C#N)c4)[C@@H](C2)N(CC2CC2)CC[C@]315. The molecule has 5 fully saturated rings. The van der Waals surface area contributed by atoms with E-state index in [4.69, 9.17) is 18.9 Å². The molecule has 2 aromatic carbocycles. The van der Waals surface area contributed by atoms with Crippen LogP contribution >= 0.6 is 0 Å². The predicted molar refractivity (Wildman–Crippen MR) is 146 cm³/mol. The summed E-state index contributed by atoms with van der Waals surface area (Å²) < 4.78 is 26.1. The zero-order valence-electron chi connectivity index (χ0n) is 23.1. The zero-order chi connectivity index (χ0) is 26.4. The van der Waals surface area contributed by atoms with Crippen LogP contribution in [0.3, 0.4) is 0 Å². The summed E-state index contributed by atoms with van der Waals surface area (Å²) in [6, 6.07) is 15.0. The number of methoxy groups -OCH3 is 2.